The van der Waals surface area contributed by atoms with E-state index in [9.17, 15) is 19.8 Å². The average molecular weight is 546 g/mol. The van der Waals surface area contributed by atoms with Gasteiger partial charge in [0.05, 0.1) is 0 Å². The molecule has 218 valence electrons. The molecule has 3 N–H and O–H groups in total. The van der Waals surface area contributed by atoms with Gasteiger partial charge in [-0.05, 0) is 93.5 Å². The normalized spacial score (nSPS) is 46.2. The molecule has 0 aromatic carbocycles. The fourth-order valence-corrected chi connectivity index (χ4v) is 8.88. The van der Waals surface area contributed by atoms with E-state index in [2.05, 4.69) is 45.7 Å². The van der Waals surface area contributed by atoms with Crippen LogP contribution in [0.1, 0.15) is 79.6 Å². The largest absolute Gasteiger partial charge is 0.460 e. The Kier molecular flexibility index (Phi) is 7.70. The van der Waals surface area contributed by atoms with Gasteiger partial charge in [0.15, 0.2) is 6.10 Å². The number of aliphatic hydroxyl groups excluding tert-OH is 1. The molecule has 0 radical (unpaired) electrons. The number of rotatable bonds is 3. The van der Waals surface area contributed by atoms with E-state index in [1.807, 2.05) is 0 Å². The molecule has 0 spiro atoms. The number of hydrogen-bond acceptors (Lipinski definition) is 7. The fraction of sp³-hybridized carbons (Fsp3) is 0.806. The third-order valence-electron chi connectivity index (χ3n) is 10.9. The summed E-state index contributed by atoms with van der Waals surface area (Å²) in [6, 6.07) is 0. The highest BCUT2D eigenvalue weighted by atomic mass is 16.6. The van der Waals surface area contributed by atoms with Crippen LogP contribution in [0, 0.1) is 40.9 Å². The molecule has 5 aliphatic rings. The van der Waals surface area contributed by atoms with E-state index in [-0.39, 0.29) is 47.3 Å². The molecule has 0 aromatic heterocycles. The van der Waals surface area contributed by atoms with E-state index in [4.69, 9.17) is 14.2 Å². The van der Waals surface area contributed by atoms with Crippen LogP contribution in [0.5, 0.6) is 0 Å². The number of esters is 1. The second-order valence-corrected chi connectivity index (χ2v) is 13.6. The quantitative estimate of drug-likeness (QED) is 0.354. The van der Waals surface area contributed by atoms with Crippen molar-refractivity contribution in [2.45, 2.75) is 110 Å². The van der Waals surface area contributed by atoms with Crippen LogP contribution in [0.2, 0.25) is 0 Å². The molecule has 5 rings (SSSR count). The first-order valence-corrected chi connectivity index (χ1v) is 14.9. The van der Waals surface area contributed by atoms with Gasteiger partial charge < -0.3 is 24.4 Å². The zero-order valence-electron chi connectivity index (χ0n) is 24.2. The molecule has 0 aromatic rings. The molecular weight excluding hydrogens is 498 g/mol. The Hall–Kier alpha value is -1.90. The van der Waals surface area contributed by atoms with Crippen molar-refractivity contribution in [3.8, 4) is 0 Å². The number of alkyl carbamates (subject to hydrolysis) is 1. The van der Waals surface area contributed by atoms with Gasteiger partial charge >= 0.3 is 12.1 Å². The van der Waals surface area contributed by atoms with E-state index in [0.717, 1.165) is 38.5 Å². The Morgan fingerprint density at radius 3 is 2.64 bits per heavy atom. The Bertz CT molecular complexity index is 1020. The number of fused-ring (bicyclic) bond motifs is 3. The van der Waals surface area contributed by atoms with Crippen molar-refractivity contribution in [2.24, 2.45) is 40.9 Å². The standard InChI is InChI=1S/C31H47NO7/c1-16(2)26-23-13-20-18(4)31(36)22(19(5)38-28(34)27(31)33)11-10-17(3)21(20)14-30(23,6)15-24(26)39-29(35)32-25-9-7-8-12-37-25/h10,16,19-27,33,36H,4,7-9,11-15H2,1-3,5-6H3,(H,32,35). The summed E-state index contributed by atoms with van der Waals surface area (Å²) in [5, 5.41) is 25.9. The zero-order valence-corrected chi connectivity index (χ0v) is 24.2. The van der Waals surface area contributed by atoms with Crippen molar-refractivity contribution < 1.29 is 34.0 Å². The van der Waals surface area contributed by atoms with Crippen molar-refractivity contribution in [1.29, 1.82) is 0 Å². The lowest BCUT2D eigenvalue weighted by atomic mass is 9.53. The molecular formula is C31H47NO7. The molecule has 0 bridgehead atoms. The van der Waals surface area contributed by atoms with Crippen molar-refractivity contribution in [3.05, 3.63) is 23.8 Å². The van der Waals surface area contributed by atoms with Crippen LogP contribution in [0.15, 0.2) is 23.8 Å². The highest BCUT2D eigenvalue weighted by Gasteiger charge is 2.62. The highest BCUT2D eigenvalue weighted by molar-refractivity contribution is 5.78. The Morgan fingerprint density at radius 1 is 1.23 bits per heavy atom. The van der Waals surface area contributed by atoms with Gasteiger partial charge in [-0.3, -0.25) is 5.32 Å². The lowest BCUT2D eigenvalue weighted by molar-refractivity contribution is -0.209. The van der Waals surface area contributed by atoms with Crippen LogP contribution in [0.3, 0.4) is 0 Å². The lowest BCUT2D eigenvalue weighted by Gasteiger charge is -2.54. The summed E-state index contributed by atoms with van der Waals surface area (Å²) in [4.78, 5) is 25.5. The number of ether oxygens (including phenoxy) is 3. The number of nitrogens with one attached hydrogen (secondary N) is 1. The van der Waals surface area contributed by atoms with Crippen molar-refractivity contribution >= 4 is 12.1 Å². The monoisotopic (exact) mass is 545 g/mol. The topological polar surface area (TPSA) is 114 Å². The van der Waals surface area contributed by atoms with Crippen molar-refractivity contribution in [1.82, 2.24) is 5.32 Å². The van der Waals surface area contributed by atoms with Crippen LogP contribution >= 0.6 is 0 Å². The number of cyclic esters (lactones) is 1. The minimum Gasteiger partial charge on any atom is -0.460 e. The van der Waals surface area contributed by atoms with Gasteiger partial charge in [0, 0.05) is 18.4 Å². The Labute approximate surface area is 232 Å². The molecule has 2 saturated heterocycles. The van der Waals surface area contributed by atoms with Gasteiger partial charge in [-0.25, -0.2) is 9.59 Å². The summed E-state index contributed by atoms with van der Waals surface area (Å²) in [6.07, 6.45) is 4.79. The molecule has 1 amide bonds. The van der Waals surface area contributed by atoms with Gasteiger partial charge in [-0.1, -0.05) is 39.0 Å². The maximum atomic E-state index is 12.9. The molecule has 2 aliphatic heterocycles. The van der Waals surface area contributed by atoms with E-state index in [1.54, 1.807) is 6.92 Å². The minimum atomic E-state index is -1.75. The van der Waals surface area contributed by atoms with Crippen LogP contribution < -0.4 is 5.32 Å². The molecule has 3 aliphatic carbocycles. The predicted molar refractivity (Wildman–Crippen MR) is 145 cm³/mol. The first-order valence-electron chi connectivity index (χ1n) is 14.9. The van der Waals surface area contributed by atoms with Crippen molar-refractivity contribution in [3.63, 3.8) is 0 Å². The molecule has 8 heteroatoms. The molecule has 2 heterocycles. The van der Waals surface area contributed by atoms with Crippen LogP contribution in [-0.4, -0.2) is 59.0 Å². The van der Waals surface area contributed by atoms with Gasteiger partial charge in [-0.15, -0.1) is 0 Å². The maximum Gasteiger partial charge on any atom is 0.409 e. The minimum absolute atomic E-state index is 0.0591. The van der Waals surface area contributed by atoms with E-state index in [0.29, 0.717) is 18.6 Å². The summed E-state index contributed by atoms with van der Waals surface area (Å²) in [6.45, 7) is 15.7. The van der Waals surface area contributed by atoms with Gasteiger partial charge in [-0.2, -0.15) is 0 Å². The third-order valence-corrected chi connectivity index (χ3v) is 10.9. The highest BCUT2D eigenvalue weighted by Crippen LogP contribution is 2.63. The SMILES string of the molecule is C=C1C2CC3C(C(C)C)C(OC(=O)NC4CCCCO4)CC3(C)CC2C(C)=CCC2C(C)OC(=O)C(O)C12O. The van der Waals surface area contributed by atoms with Gasteiger partial charge in [0.25, 0.3) is 0 Å². The van der Waals surface area contributed by atoms with E-state index >= 15 is 0 Å². The van der Waals surface area contributed by atoms with Crippen molar-refractivity contribution in [2.75, 3.05) is 6.61 Å². The number of aliphatic hydroxyl groups is 2. The third kappa shape index (κ3) is 4.84. The van der Waals surface area contributed by atoms with Crippen LogP contribution in [-0.2, 0) is 19.0 Å². The Morgan fingerprint density at radius 2 is 1.97 bits per heavy atom. The molecule has 8 nitrogen and oxygen atoms in total. The molecule has 11 unspecified atom stereocenters. The second-order valence-electron chi connectivity index (χ2n) is 13.6. The van der Waals surface area contributed by atoms with Gasteiger partial charge in [0.2, 0.25) is 0 Å². The molecule has 2 saturated carbocycles. The summed E-state index contributed by atoms with van der Waals surface area (Å²) < 4.78 is 17.2. The van der Waals surface area contributed by atoms with Gasteiger partial charge in [0.1, 0.15) is 24.0 Å². The first kappa shape index (κ1) is 28.6. The average Bonchev–Trinajstić information content (AvgIpc) is 3.16. The molecule has 39 heavy (non-hydrogen) atoms. The number of amides is 1. The maximum absolute atomic E-state index is 12.9. The first-order chi connectivity index (χ1) is 18.4. The zero-order chi connectivity index (χ0) is 28.3. The smallest absolute Gasteiger partial charge is 0.409 e. The molecule has 11 atom stereocenters. The van der Waals surface area contributed by atoms with Crippen LogP contribution in [0.4, 0.5) is 4.79 Å². The summed E-state index contributed by atoms with van der Waals surface area (Å²) in [5.74, 6) is -0.580. The summed E-state index contributed by atoms with van der Waals surface area (Å²) in [7, 11) is 0. The number of allylic oxidation sites excluding steroid dienone is 2. The summed E-state index contributed by atoms with van der Waals surface area (Å²) >= 11 is 0. The predicted octanol–water partition coefficient (Wildman–Crippen LogP) is 4.49. The second kappa shape index (κ2) is 10.5. The Balaban J connectivity index is 1.42. The number of carbonyl (C=O) groups excluding carboxylic acids is 2. The van der Waals surface area contributed by atoms with E-state index < -0.39 is 35.8 Å². The lowest BCUT2D eigenvalue weighted by Crippen LogP contribution is -2.63. The fourth-order valence-electron chi connectivity index (χ4n) is 8.88. The molecule has 4 fully saturated rings. The van der Waals surface area contributed by atoms with Crippen LogP contribution in [0.25, 0.3) is 0 Å². The summed E-state index contributed by atoms with van der Waals surface area (Å²) in [5.41, 5.74) is -0.0121. The number of hydrogen-bond donors (Lipinski definition) is 3. The number of carbonyl (C=O) groups is 2. The van der Waals surface area contributed by atoms with E-state index in [1.165, 1.54) is 5.57 Å².